The maximum atomic E-state index is 12.4. The van der Waals surface area contributed by atoms with Gasteiger partial charge >= 0.3 is 5.97 Å². The van der Waals surface area contributed by atoms with Gasteiger partial charge in [-0.3, -0.25) is 9.59 Å². The van der Waals surface area contributed by atoms with E-state index in [0.29, 0.717) is 11.7 Å². The number of ether oxygens (including phenoxy) is 1. The molecule has 1 aliphatic carbocycles. The summed E-state index contributed by atoms with van der Waals surface area (Å²) >= 11 is 0. The summed E-state index contributed by atoms with van der Waals surface area (Å²) in [7, 11) is 0. The lowest BCUT2D eigenvalue weighted by molar-refractivity contribution is -0.148. The molecule has 5 heteroatoms. The van der Waals surface area contributed by atoms with Crippen LogP contribution in [0, 0.1) is 0 Å². The molecule has 1 N–H and O–H groups in total. The second-order valence-corrected chi connectivity index (χ2v) is 6.08. The first kappa shape index (κ1) is 16.3. The van der Waals surface area contributed by atoms with E-state index >= 15 is 0 Å². The number of nitrogens with zero attached hydrogens (tertiary/aromatic N) is 1. The Morgan fingerprint density at radius 3 is 2.55 bits per heavy atom. The standard InChI is InChI=1S/C17H23NO4/c1-11(2)13-5-4-6-15(9-13)22-12(3)17(21)18(10-16(19)20)14-7-8-14/h4-6,9,11-12,14H,7-8,10H2,1-3H3,(H,19,20). The highest BCUT2D eigenvalue weighted by molar-refractivity contribution is 5.85. The molecule has 5 nitrogen and oxygen atoms in total. The molecule has 1 atom stereocenters. The summed E-state index contributed by atoms with van der Waals surface area (Å²) in [4.78, 5) is 24.7. The maximum absolute atomic E-state index is 12.4. The Morgan fingerprint density at radius 2 is 2.00 bits per heavy atom. The molecule has 0 heterocycles. The Labute approximate surface area is 130 Å². The predicted molar refractivity (Wildman–Crippen MR) is 83.0 cm³/mol. The van der Waals surface area contributed by atoms with E-state index < -0.39 is 12.1 Å². The molecule has 0 radical (unpaired) electrons. The average Bonchev–Trinajstić information content (AvgIpc) is 3.28. The molecule has 2 rings (SSSR count). The van der Waals surface area contributed by atoms with Gasteiger partial charge < -0.3 is 14.7 Å². The van der Waals surface area contributed by atoms with Crippen molar-refractivity contribution in [2.24, 2.45) is 0 Å². The van der Waals surface area contributed by atoms with Crippen molar-refractivity contribution in [1.29, 1.82) is 0 Å². The third-order valence-electron chi connectivity index (χ3n) is 3.76. The van der Waals surface area contributed by atoms with Gasteiger partial charge in [-0.05, 0) is 43.4 Å². The van der Waals surface area contributed by atoms with Crippen molar-refractivity contribution in [3.63, 3.8) is 0 Å². The Kier molecular flexibility index (Phi) is 5.06. The fourth-order valence-corrected chi connectivity index (χ4v) is 2.35. The summed E-state index contributed by atoms with van der Waals surface area (Å²) in [5.74, 6) is -0.239. The van der Waals surface area contributed by atoms with Crippen LogP contribution >= 0.6 is 0 Å². The van der Waals surface area contributed by atoms with Gasteiger partial charge in [-0.1, -0.05) is 26.0 Å². The Morgan fingerprint density at radius 1 is 1.32 bits per heavy atom. The van der Waals surface area contributed by atoms with E-state index in [4.69, 9.17) is 9.84 Å². The first-order valence-corrected chi connectivity index (χ1v) is 7.67. The van der Waals surface area contributed by atoms with Crippen molar-refractivity contribution in [2.75, 3.05) is 6.54 Å². The van der Waals surface area contributed by atoms with E-state index in [1.165, 1.54) is 4.90 Å². The minimum atomic E-state index is -0.991. The highest BCUT2D eigenvalue weighted by atomic mass is 16.5. The van der Waals surface area contributed by atoms with Crippen molar-refractivity contribution in [1.82, 2.24) is 4.90 Å². The van der Waals surface area contributed by atoms with E-state index in [2.05, 4.69) is 13.8 Å². The van der Waals surface area contributed by atoms with E-state index in [1.807, 2.05) is 24.3 Å². The highest BCUT2D eigenvalue weighted by Crippen LogP contribution is 2.28. The van der Waals surface area contributed by atoms with Crippen molar-refractivity contribution in [2.45, 2.75) is 51.7 Å². The number of hydrogen-bond donors (Lipinski definition) is 1. The SMILES string of the molecule is CC(Oc1cccc(C(C)C)c1)C(=O)N(CC(=O)O)C1CC1. The van der Waals surface area contributed by atoms with Gasteiger partial charge in [0, 0.05) is 6.04 Å². The van der Waals surface area contributed by atoms with Gasteiger partial charge in [-0.15, -0.1) is 0 Å². The monoisotopic (exact) mass is 305 g/mol. The van der Waals surface area contributed by atoms with Crippen LogP contribution < -0.4 is 4.74 Å². The summed E-state index contributed by atoms with van der Waals surface area (Å²) < 4.78 is 5.72. The Bertz CT molecular complexity index is 551. The molecule has 1 amide bonds. The predicted octanol–water partition coefficient (Wildman–Crippen LogP) is 2.65. The van der Waals surface area contributed by atoms with Crippen LogP contribution in [-0.2, 0) is 9.59 Å². The number of aliphatic carboxylic acids is 1. The number of hydrogen-bond acceptors (Lipinski definition) is 3. The Hall–Kier alpha value is -2.04. The van der Waals surface area contributed by atoms with E-state index in [1.54, 1.807) is 6.92 Å². The minimum absolute atomic E-state index is 0.0525. The number of benzene rings is 1. The smallest absolute Gasteiger partial charge is 0.323 e. The molecule has 0 bridgehead atoms. The zero-order valence-electron chi connectivity index (χ0n) is 13.3. The third kappa shape index (κ3) is 4.23. The van der Waals surface area contributed by atoms with Crippen molar-refractivity contribution in [3.8, 4) is 5.75 Å². The number of carboxylic acid groups (broad SMARTS) is 1. The molecule has 1 aromatic carbocycles. The minimum Gasteiger partial charge on any atom is -0.481 e. The van der Waals surface area contributed by atoms with E-state index in [-0.39, 0.29) is 18.5 Å². The third-order valence-corrected chi connectivity index (χ3v) is 3.76. The Balaban J connectivity index is 2.03. The molecule has 0 aromatic heterocycles. The fraction of sp³-hybridized carbons (Fsp3) is 0.529. The van der Waals surface area contributed by atoms with Crippen molar-refractivity contribution in [3.05, 3.63) is 29.8 Å². The summed E-state index contributed by atoms with van der Waals surface area (Å²) in [6.45, 7) is 5.59. The van der Waals surface area contributed by atoms with Crippen LogP contribution in [0.5, 0.6) is 5.75 Å². The molecule has 120 valence electrons. The zero-order chi connectivity index (χ0) is 16.3. The molecule has 0 saturated heterocycles. The van der Waals surface area contributed by atoms with Gasteiger partial charge in [0.2, 0.25) is 0 Å². The van der Waals surface area contributed by atoms with Gasteiger partial charge in [0.25, 0.3) is 5.91 Å². The number of carbonyl (C=O) groups excluding carboxylic acids is 1. The molecule has 1 unspecified atom stereocenters. The topological polar surface area (TPSA) is 66.8 Å². The fourth-order valence-electron chi connectivity index (χ4n) is 2.35. The first-order valence-electron chi connectivity index (χ1n) is 7.67. The highest BCUT2D eigenvalue weighted by Gasteiger charge is 2.36. The molecule has 1 aliphatic rings. The summed E-state index contributed by atoms with van der Waals surface area (Å²) in [6, 6.07) is 7.71. The van der Waals surface area contributed by atoms with Gasteiger partial charge in [-0.25, -0.2) is 0 Å². The first-order chi connectivity index (χ1) is 10.4. The van der Waals surface area contributed by atoms with Gasteiger partial charge in [-0.2, -0.15) is 0 Å². The normalized spacial score (nSPS) is 15.5. The van der Waals surface area contributed by atoms with Crippen LogP contribution in [0.2, 0.25) is 0 Å². The van der Waals surface area contributed by atoms with Crippen LogP contribution in [-0.4, -0.2) is 40.6 Å². The second-order valence-electron chi connectivity index (χ2n) is 6.08. The molecule has 1 aromatic rings. The van der Waals surface area contributed by atoms with Crippen LogP contribution in [0.1, 0.15) is 45.1 Å². The molecule has 1 saturated carbocycles. The van der Waals surface area contributed by atoms with Gasteiger partial charge in [0.1, 0.15) is 12.3 Å². The molecular formula is C17H23NO4. The number of carbonyl (C=O) groups is 2. The summed E-state index contributed by atoms with van der Waals surface area (Å²) in [6.07, 6.45) is 1.05. The van der Waals surface area contributed by atoms with Crippen molar-refractivity contribution < 1.29 is 19.4 Å². The quantitative estimate of drug-likeness (QED) is 0.841. The summed E-state index contributed by atoms with van der Waals surface area (Å²) in [5, 5.41) is 8.94. The van der Waals surface area contributed by atoms with Crippen LogP contribution in [0.4, 0.5) is 0 Å². The van der Waals surface area contributed by atoms with Crippen LogP contribution in [0.3, 0.4) is 0 Å². The molecule has 0 spiro atoms. The number of carboxylic acids is 1. The lowest BCUT2D eigenvalue weighted by Gasteiger charge is -2.24. The summed E-state index contributed by atoms with van der Waals surface area (Å²) in [5.41, 5.74) is 1.14. The van der Waals surface area contributed by atoms with Gasteiger partial charge in [0.15, 0.2) is 6.10 Å². The maximum Gasteiger partial charge on any atom is 0.323 e. The lowest BCUT2D eigenvalue weighted by Crippen LogP contribution is -2.44. The number of rotatable bonds is 7. The van der Waals surface area contributed by atoms with Crippen molar-refractivity contribution >= 4 is 11.9 Å². The lowest BCUT2D eigenvalue weighted by atomic mass is 10.0. The van der Waals surface area contributed by atoms with E-state index in [9.17, 15) is 9.59 Å². The number of amides is 1. The average molecular weight is 305 g/mol. The molecule has 1 fully saturated rings. The molecule has 0 aliphatic heterocycles. The van der Waals surface area contributed by atoms with Gasteiger partial charge in [0.05, 0.1) is 0 Å². The molecular weight excluding hydrogens is 282 g/mol. The largest absolute Gasteiger partial charge is 0.481 e. The van der Waals surface area contributed by atoms with E-state index in [0.717, 1.165) is 18.4 Å². The second kappa shape index (κ2) is 6.81. The van der Waals surface area contributed by atoms with Crippen LogP contribution in [0.15, 0.2) is 24.3 Å². The molecule has 22 heavy (non-hydrogen) atoms. The van der Waals surface area contributed by atoms with Crippen LogP contribution in [0.25, 0.3) is 0 Å². The zero-order valence-corrected chi connectivity index (χ0v) is 13.3.